The zero-order valence-corrected chi connectivity index (χ0v) is 12.0. The molecule has 19 heavy (non-hydrogen) atoms. The maximum Gasteiger partial charge on any atom is 0.115 e. The van der Waals surface area contributed by atoms with Gasteiger partial charge in [-0.1, -0.05) is 6.42 Å². The molecule has 2 heterocycles. The molecule has 0 radical (unpaired) electrons. The number of rotatable bonds is 3. The summed E-state index contributed by atoms with van der Waals surface area (Å²) in [5.74, 6) is 0. The minimum Gasteiger partial charge on any atom is -0.309 e. The van der Waals surface area contributed by atoms with Crippen molar-refractivity contribution in [2.24, 2.45) is 0 Å². The normalized spacial score (nSPS) is 16.7. The van der Waals surface area contributed by atoms with Crippen molar-refractivity contribution >= 4 is 11.3 Å². The molecule has 3 rings (SSSR count). The molecule has 1 unspecified atom stereocenters. The molecule has 0 fully saturated rings. The lowest BCUT2D eigenvalue weighted by molar-refractivity contribution is 0.692. The Morgan fingerprint density at radius 2 is 1.95 bits per heavy atom. The lowest BCUT2D eigenvalue weighted by Crippen LogP contribution is -2.16. The minimum absolute atomic E-state index is 0.220. The molecule has 1 N–H and O–H groups in total. The summed E-state index contributed by atoms with van der Waals surface area (Å²) in [5, 5.41) is 3.39. The molecule has 0 amide bonds. The highest BCUT2D eigenvalue weighted by Gasteiger charge is 2.19. The Balaban J connectivity index is 1.92. The average molecular weight is 273 g/mol. The van der Waals surface area contributed by atoms with Crippen molar-refractivity contribution in [3.8, 4) is 0 Å². The number of fused-ring (bicyclic) bond motifs is 1. The second-order valence-electron chi connectivity index (χ2n) is 5.05. The Morgan fingerprint density at radius 3 is 2.74 bits per heavy atom. The molecule has 0 aromatic carbocycles. The second kappa shape index (κ2) is 5.80. The third kappa shape index (κ3) is 2.69. The highest BCUT2D eigenvalue weighted by Crippen LogP contribution is 2.34. The third-order valence-corrected chi connectivity index (χ3v) is 5.05. The molecule has 0 aliphatic heterocycles. The molecule has 2 aromatic heterocycles. The predicted molar refractivity (Wildman–Crippen MR) is 78.5 cm³/mol. The molecule has 100 valence electrons. The van der Waals surface area contributed by atoms with Crippen LogP contribution in [-0.2, 0) is 12.8 Å². The molecular formula is C15H19N3S. The zero-order chi connectivity index (χ0) is 13.1. The Kier molecular flexibility index (Phi) is 3.89. The monoisotopic (exact) mass is 273 g/mol. The SMILES string of the molecule is CNC(c1cncnc1)c1cc2c(s1)CCCCC2. The largest absolute Gasteiger partial charge is 0.309 e. The number of nitrogens with one attached hydrogen (secondary N) is 1. The van der Waals surface area contributed by atoms with E-state index in [1.54, 1.807) is 16.8 Å². The van der Waals surface area contributed by atoms with Crippen molar-refractivity contribution in [3.05, 3.63) is 45.7 Å². The van der Waals surface area contributed by atoms with Crippen molar-refractivity contribution in [1.29, 1.82) is 0 Å². The second-order valence-corrected chi connectivity index (χ2v) is 6.22. The number of nitrogens with zero attached hydrogens (tertiary/aromatic N) is 2. The van der Waals surface area contributed by atoms with Gasteiger partial charge in [0.2, 0.25) is 0 Å². The van der Waals surface area contributed by atoms with Crippen LogP contribution in [0.2, 0.25) is 0 Å². The standard InChI is InChI=1S/C15H19N3S/c1-16-15(12-8-17-10-18-9-12)14-7-11-5-3-2-4-6-13(11)19-14/h7-10,15-16H,2-6H2,1H3. The van der Waals surface area contributed by atoms with Gasteiger partial charge in [-0.3, -0.25) is 0 Å². The first kappa shape index (κ1) is 12.8. The highest BCUT2D eigenvalue weighted by molar-refractivity contribution is 7.12. The van der Waals surface area contributed by atoms with Crippen LogP contribution in [0, 0.1) is 0 Å². The Morgan fingerprint density at radius 1 is 1.16 bits per heavy atom. The Bertz CT molecular complexity index is 512. The van der Waals surface area contributed by atoms with Gasteiger partial charge in [0.15, 0.2) is 0 Å². The van der Waals surface area contributed by atoms with Crippen LogP contribution in [0.25, 0.3) is 0 Å². The fourth-order valence-corrected chi connectivity index (χ4v) is 4.16. The number of aromatic nitrogens is 2. The summed E-state index contributed by atoms with van der Waals surface area (Å²) in [5.41, 5.74) is 2.70. The van der Waals surface area contributed by atoms with Crippen molar-refractivity contribution in [2.45, 2.75) is 38.1 Å². The van der Waals surface area contributed by atoms with E-state index in [2.05, 4.69) is 21.4 Å². The zero-order valence-electron chi connectivity index (χ0n) is 11.2. The summed E-state index contributed by atoms with van der Waals surface area (Å²) in [4.78, 5) is 11.2. The van der Waals surface area contributed by atoms with Gasteiger partial charge < -0.3 is 5.32 Å². The van der Waals surface area contributed by atoms with Gasteiger partial charge in [-0.05, 0) is 44.4 Å². The van der Waals surface area contributed by atoms with Gasteiger partial charge in [0, 0.05) is 27.7 Å². The van der Waals surface area contributed by atoms with Gasteiger partial charge in [-0.25, -0.2) is 9.97 Å². The smallest absolute Gasteiger partial charge is 0.115 e. The molecule has 1 atom stereocenters. The molecular weight excluding hydrogens is 254 g/mol. The summed E-state index contributed by atoms with van der Waals surface area (Å²) in [6.07, 6.45) is 11.9. The van der Waals surface area contributed by atoms with Crippen LogP contribution in [-0.4, -0.2) is 17.0 Å². The van der Waals surface area contributed by atoms with Crippen LogP contribution in [0.15, 0.2) is 24.8 Å². The first-order valence-corrected chi connectivity index (χ1v) is 7.74. The molecule has 0 spiro atoms. The van der Waals surface area contributed by atoms with E-state index in [0.717, 1.165) is 5.56 Å². The Hall–Kier alpha value is -1.26. The van der Waals surface area contributed by atoms with Crippen molar-refractivity contribution < 1.29 is 0 Å². The van der Waals surface area contributed by atoms with Crippen LogP contribution >= 0.6 is 11.3 Å². The number of hydrogen-bond donors (Lipinski definition) is 1. The van der Waals surface area contributed by atoms with Crippen molar-refractivity contribution in [2.75, 3.05) is 7.05 Å². The van der Waals surface area contributed by atoms with E-state index in [1.807, 2.05) is 30.8 Å². The molecule has 2 aromatic rings. The van der Waals surface area contributed by atoms with Crippen LogP contribution < -0.4 is 5.32 Å². The maximum absolute atomic E-state index is 4.13. The molecule has 0 bridgehead atoms. The molecule has 1 aliphatic carbocycles. The maximum atomic E-state index is 4.13. The van der Waals surface area contributed by atoms with E-state index in [1.165, 1.54) is 37.0 Å². The summed E-state index contributed by atoms with van der Waals surface area (Å²) < 4.78 is 0. The number of aryl methyl sites for hydroxylation is 2. The van der Waals surface area contributed by atoms with Crippen LogP contribution in [0.1, 0.15) is 46.2 Å². The van der Waals surface area contributed by atoms with E-state index in [-0.39, 0.29) is 6.04 Å². The molecule has 3 nitrogen and oxygen atoms in total. The lowest BCUT2D eigenvalue weighted by Gasteiger charge is -2.13. The predicted octanol–water partition coefficient (Wildman–Crippen LogP) is 3.12. The number of hydrogen-bond acceptors (Lipinski definition) is 4. The van der Waals surface area contributed by atoms with Crippen LogP contribution in [0.4, 0.5) is 0 Å². The van der Waals surface area contributed by atoms with E-state index >= 15 is 0 Å². The van der Waals surface area contributed by atoms with Gasteiger partial charge in [-0.2, -0.15) is 0 Å². The van der Waals surface area contributed by atoms with Gasteiger partial charge >= 0.3 is 0 Å². The summed E-state index contributed by atoms with van der Waals surface area (Å²) in [6.45, 7) is 0. The van der Waals surface area contributed by atoms with Gasteiger partial charge in [-0.15, -0.1) is 11.3 Å². The molecule has 1 aliphatic rings. The summed E-state index contributed by atoms with van der Waals surface area (Å²) >= 11 is 1.96. The first-order chi connectivity index (χ1) is 9.38. The lowest BCUT2D eigenvalue weighted by atomic mass is 10.1. The van der Waals surface area contributed by atoms with Crippen LogP contribution in [0.5, 0.6) is 0 Å². The summed E-state index contributed by atoms with van der Waals surface area (Å²) in [7, 11) is 2.00. The summed E-state index contributed by atoms with van der Waals surface area (Å²) in [6, 6.07) is 2.61. The van der Waals surface area contributed by atoms with Gasteiger partial charge in [0.1, 0.15) is 6.33 Å². The molecule has 4 heteroatoms. The van der Waals surface area contributed by atoms with Crippen molar-refractivity contribution in [3.63, 3.8) is 0 Å². The Labute approximate surface area is 118 Å². The van der Waals surface area contributed by atoms with E-state index in [4.69, 9.17) is 0 Å². The van der Waals surface area contributed by atoms with Gasteiger partial charge in [0.25, 0.3) is 0 Å². The van der Waals surface area contributed by atoms with Crippen molar-refractivity contribution in [1.82, 2.24) is 15.3 Å². The minimum atomic E-state index is 0.220. The molecule has 0 saturated heterocycles. The number of thiophene rings is 1. The molecule has 0 saturated carbocycles. The topological polar surface area (TPSA) is 37.8 Å². The van der Waals surface area contributed by atoms with E-state index in [9.17, 15) is 0 Å². The van der Waals surface area contributed by atoms with E-state index < -0.39 is 0 Å². The average Bonchev–Trinajstić information content (AvgIpc) is 2.71. The fourth-order valence-electron chi connectivity index (χ4n) is 2.77. The van der Waals surface area contributed by atoms with Crippen LogP contribution in [0.3, 0.4) is 0 Å². The van der Waals surface area contributed by atoms with E-state index in [0.29, 0.717) is 0 Å². The first-order valence-electron chi connectivity index (χ1n) is 6.92. The van der Waals surface area contributed by atoms with Gasteiger partial charge in [0.05, 0.1) is 6.04 Å². The fraction of sp³-hybridized carbons (Fsp3) is 0.467. The quantitative estimate of drug-likeness (QED) is 0.873. The highest BCUT2D eigenvalue weighted by atomic mass is 32.1. The third-order valence-electron chi connectivity index (χ3n) is 3.75.